The fourth-order valence-corrected chi connectivity index (χ4v) is 2.63. The van der Waals surface area contributed by atoms with Crippen molar-refractivity contribution in [3.63, 3.8) is 0 Å². The predicted octanol–water partition coefficient (Wildman–Crippen LogP) is 2.16. The van der Waals surface area contributed by atoms with Crippen molar-refractivity contribution in [3.05, 3.63) is 29.8 Å². The summed E-state index contributed by atoms with van der Waals surface area (Å²) in [5, 5.41) is 14.8. The maximum absolute atomic E-state index is 11.6. The molecule has 2 amide bonds. The molecule has 1 saturated carbocycles. The number of rotatable bonds is 7. The molecule has 0 aromatic heterocycles. The Balaban J connectivity index is 1.56. The lowest BCUT2D eigenvalue weighted by Gasteiger charge is -2.13. The highest BCUT2D eigenvalue weighted by atomic mass is 32.2. The molecule has 1 fully saturated rings. The third-order valence-corrected chi connectivity index (χ3v) is 4.61. The quantitative estimate of drug-likeness (QED) is 0.533. The van der Waals surface area contributed by atoms with Crippen LogP contribution in [-0.4, -0.2) is 36.6 Å². The van der Waals surface area contributed by atoms with Gasteiger partial charge in [0.15, 0.2) is 0 Å². The third-order valence-electron chi connectivity index (χ3n) is 3.59. The molecule has 0 aliphatic heterocycles. The Morgan fingerprint density at radius 1 is 1.30 bits per heavy atom. The van der Waals surface area contributed by atoms with Crippen molar-refractivity contribution >= 4 is 17.8 Å². The molecule has 0 spiro atoms. The largest absolute Gasteiger partial charge is 0.396 e. The van der Waals surface area contributed by atoms with E-state index in [1.807, 2.05) is 0 Å². The van der Waals surface area contributed by atoms with Crippen molar-refractivity contribution < 1.29 is 9.90 Å². The van der Waals surface area contributed by atoms with Gasteiger partial charge in [0.25, 0.3) is 0 Å². The van der Waals surface area contributed by atoms with Crippen LogP contribution in [0.4, 0.5) is 4.79 Å². The standard InChI is InChI=1S/C15H22N2O2S/c1-12-2-4-13(5-3-12)20-9-8-16-14(19)17-10-15(11-18)6-7-15/h2-5,18H,6-11H2,1H3,(H2,16,17,19). The van der Waals surface area contributed by atoms with Crippen molar-refractivity contribution in [2.75, 3.05) is 25.4 Å². The van der Waals surface area contributed by atoms with Crippen LogP contribution >= 0.6 is 11.8 Å². The first-order valence-electron chi connectivity index (χ1n) is 6.96. The number of carbonyl (C=O) groups is 1. The lowest BCUT2D eigenvalue weighted by Crippen LogP contribution is -2.40. The van der Waals surface area contributed by atoms with Crippen molar-refractivity contribution in [3.8, 4) is 0 Å². The van der Waals surface area contributed by atoms with E-state index < -0.39 is 0 Å². The Morgan fingerprint density at radius 2 is 2.00 bits per heavy atom. The Labute approximate surface area is 124 Å². The van der Waals surface area contributed by atoms with Crippen molar-refractivity contribution in [2.45, 2.75) is 24.7 Å². The summed E-state index contributed by atoms with van der Waals surface area (Å²) >= 11 is 1.73. The normalized spacial score (nSPS) is 15.7. The predicted molar refractivity (Wildman–Crippen MR) is 82.1 cm³/mol. The van der Waals surface area contributed by atoms with Gasteiger partial charge in [-0.15, -0.1) is 11.8 Å². The Morgan fingerprint density at radius 3 is 2.60 bits per heavy atom. The summed E-state index contributed by atoms with van der Waals surface area (Å²) in [6.45, 7) is 3.44. The van der Waals surface area contributed by atoms with Crippen molar-refractivity contribution in [2.24, 2.45) is 5.41 Å². The number of amides is 2. The topological polar surface area (TPSA) is 61.4 Å². The van der Waals surface area contributed by atoms with Crippen LogP contribution in [-0.2, 0) is 0 Å². The van der Waals surface area contributed by atoms with E-state index in [0.717, 1.165) is 18.6 Å². The molecule has 4 nitrogen and oxygen atoms in total. The van der Waals surface area contributed by atoms with Crippen LogP contribution in [0.1, 0.15) is 18.4 Å². The second-order valence-corrected chi connectivity index (χ2v) is 6.60. The molecule has 0 atom stereocenters. The molecule has 1 aromatic carbocycles. The Bertz CT molecular complexity index is 444. The van der Waals surface area contributed by atoms with Gasteiger partial charge in [-0.25, -0.2) is 4.79 Å². The molecular formula is C15H22N2O2S. The lowest BCUT2D eigenvalue weighted by molar-refractivity contribution is 0.203. The monoisotopic (exact) mass is 294 g/mol. The van der Waals surface area contributed by atoms with E-state index in [9.17, 15) is 4.79 Å². The van der Waals surface area contributed by atoms with E-state index in [0.29, 0.717) is 13.1 Å². The number of nitrogens with one attached hydrogen (secondary N) is 2. The van der Waals surface area contributed by atoms with E-state index in [1.165, 1.54) is 10.5 Å². The first-order valence-corrected chi connectivity index (χ1v) is 7.94. The summed E-state index contributed by atoms with van der Waals surface area (Å²) < 4.78 is 0. The van der Waals surface area contributed by atoms with E-state index in [1.54, 1.807) is 11.8 Å². The van der Waals surface area contributed by atoms with Crippen LogP contribution < -0.4 is 10.6 Å². The smallest absolute Gasteiger partial charge is 0.314 e. The molecule has 1 aliphatic carbocycles. The van der Waals surface area contributed by atoms with Crippen LogP contribution in [0.15, 0.2) is 29.2 Å². The maximum Gasteiger partial charge on any atom is 0.314 e. The molecule has 20 heavy (non-hydrogen) atoms. The van der Waals surface area contributed by atoms with Crippen LogP contribution in [0.3, 0.4) is 0 Å². The first kappa shape index (κ1) is 15.2. The molecule has 1 aliphatic rings. The van der Waals surface area contributed by atoms with Gasteiger partial charge in [0.05, 0.1) is 6.61 Å². The van der Waals surface area contributed by atoms with E-state index in [4.69, 9.17) is 5.11 Å². The fourth-order valence-electron chi connectivity index (χ4n) is 1.87. The van der Waals surface area contributed by atoms with Gasteiger partial charge in [0, 0.05) is 29.2 Å². The zero-order valence-electron chi connectivity index (χ0n) is 11.8. The summed E-state index contributed by atoms with van der Waals surface area (Å²) in [5.41, 5.74) is 1.22. The van der Waals surface area contributed by atoms with Gasteiger partial charge in [0.1, 0.15) is 0 Å². The summed E-state index contributed by atoms with van der Waals surface area (Å²) in [4.78, 5) is 12.8. The molecule has 0 bridgehead atoms. The highest BCUT2D eigenvalue weighted by Gasteiger charge is 2.41. The van der Waals surface area contributed by atoms with E-state index in [-0.39, 0.29) is 18.1 Å². The minimum absolute atomic E-state index is 0.0337. The number of thioether (sulfide) groups is 1. The molecule has 5 heteroatoms. The minimum Gasteiger partial charge on any atom is -0.396 e. The van der Waals surface area contributed by atoms with Crippen LogP contribution in [0, 0.1) is 12.3 Å². The summed E-state index contributed by atoms with van der Waals surface area (Å²) in [6.07, 6.45) is 2.01. The van der Waals surface area contributed by atoms with Crippen LogP contribution in [0.5, 0.6) is 0 Å². The van der Waals surface area contributed by atoms with E-state index >= 15 is 0 Å². The molecule has 0 saturated heterocycles. The molecular weight excluding hydrogens is 272 g/mol. The molecule has 0 unspecified atom stereocenters. The highest BCUT2D eigenvalue weighted by Crippen LogP contribution is 2.44. The summed E-state index contributed by atoms with van der Waals surface area (Å²) in [5.74, 6) is 0.849. The average Bonchev–Trinajstić information content (AvgIpc) is 3.24. The van der Waals surface area contributed by atoms with Gasteiger partial charge < -0.3 is 15.7 Å². The second kappa shape index (κ2) is 6.99. The summed E-state index contributed by atoms with van der Waals surface area (Å²) in [7, 11) is 0. The number of hydrogen-bond donors (Lipinski definition) is 3. The molecule has 110 valence electrons. The van der Waals surface area contributed by atoms with Crippen LogP contribution in [0.25, 0.3) is 0 Å². The molecule has 0 heterocycles. The number of benzene rings is 1. The zero-order chi connectivity index (χ0) is 14.4. The Hall–Kier alpha value is -1.20. The molecule has 0 radical (unpaired) electrons. The lowest BCUT2D eigenvalue weighted by atomic mass is 10.1. The molecule has 1 aromatic rings. The second-order valence-electron chi connectivity index (χ2n) is 5.43. The summed E-state index contributed by atoms with van der Waals surface area (Å²) in [6, 6.07) is 8.23. The van der Waals surface area contributed by atoms with Gasteiger partial charge in [-0.2, -0.15) is 0 Å². The number of aliphatic hydroxyl groups excluding tert-OH is 1. The van der Waals surface area contributed by atoms with Gasteiger partial charge in [0.2, 0.25) is 0 Å². The average molecular weight is 294 g/mol. The van der Waals surface area contributed by atoms with Crippen molar-refractivity contribution in [1.29, 1.82) is 0 Å². The minimum atomic E-state index is -0.144. The zero-order valence-corrected chi connectivity index (χ0v) is 12.6. The van der Waals surface area contributed by atoms with Gasteiger partial charge in [-0.05, 0) is 31.9 Å². The highest BCUT2D eigenvalue weighted by molar-refractivity contribution is 7.99. The van der Waals surface area contributed by atoms with Gasteiger partial charge in [-0.1, -0.05) is 17.7 Å². The number of aliphatic hydroxyl groups is 1. The third kappa shape index (κ3) is 4.72. The van der Waals surface area contributed by atoms with Crippen molar-refractivity contribution in [1.82, 2.24) is 10.6 Å². The maximum atomic E-state index is 11.6. The number of aryl methyl sites for hydroxylation is 1. The van der Waals surface area contributed by atoms with E-state index in [2.05, 4.69) is 41.8 Å². The van der Waals surface area contributed by atoms with Gasteiger partial charge >= 0.3 is 6.03 Å². The number of urea groups is 1. The fraction of sp³-hybridized carbons (Fsp3) is 0.533. The molecule has 2 rings (SSSR count). The number of hydrogen-bond acceptors (Lipinski definition) is 3. The Kier molecular flexibility index (Phi) is 5.31. The molecule has 3 N–H and O–H groups in total. The van der Waals surface area contributed by atoms with Crippen LogP contribution in [0.2, 0.25) is 0 Å². The number of carbonyl (C=O) groups excluding carboxylic acids is 1. The van der Waals surface area contributed by atoms with Gasteiger partial charge in [-0.3, -0.25) is 0 Å². The SMILES string of the molecule is Cc1ccc(SCCNC(=O)NCC2(CO)CC2)cc1. The first-order chi connectivity index (χ1) is 9.63.